The van der Waals surface area contributed by atoms with E-state index in [-0.39, 0.29) is 51.9 Å². The highest BCUT2D eigenvalue weighted by Crippen LogP contribution is 2.47. The maximum Gasteiger partial charge on any atom is 0.432 e. The zero-order chi connectivity index (χ0) is 97.1. The van der Waals surface area contributed by atoms with Gasteiger partial charge in [0, 0.05) is 70.8 Å². The summed E-state index contributed by atoms with van der Waals surface area (Å²) in [6, 6.07) is 32.7. The van der Waals surface area contributed by atoms with Gasteiger partial charge in [-0.05, 0) is 253 Å². The zero-order valence-corrected chi connectivity index (χ0v) is 73.9. The third-order valence-corrected chi connectivity index (χ3v) is 25.0. The number of benzene rings is 12. The molecule has 0 spiro atoms. The van der Waals surface area contributed by atoms with Crippen molar-refractivity contribution in [3.63, 3.8) is 0 Å². The maximum atomic E-state index is 14.8. The molecule has 4 aliphatic carbocycles. The quantitative estimate of drug-likeness (QED) is 0.0400. The van der Waals surface area contributed by atoms with Crippen LogP contribution in [0.25, 0.3) is 44.5 Å². The van der Waals surface area contributed by atoms with Crippen molar-refractivity contribution in [2.75, 3.05) is 0 Å². The fraction of sp³-hybridized carbons (Fsp3) is 0.327. The smallest absolute Gasteiger partial charge is 0.429 e. The molecule has 0 bridgehead atoms. The Bertz CT molecular complexity index is 6180. The van der Waals surface area contributed by atoms with Crippen LogP contribution >= 0.6 is 0 Å². The summed E-state index contributed by atoms with van der Waals surface area (Å²) < 4.78 is 361. The number of fused-ring (bicyclic) bond motifs is 4. The van der Waals surface area contributed by atoms with Crippen molar-refractivity contribution >= 4 is 0 Å². The molecule has 0 radical (unpaired) electrons. The van der Waals surface area contributed by atoms with Gasteiger partial charge < -0.3 is 18.9 Å². The normalized spacial score (nSPS) is 15.4. The van der Waals surface area contributed by atoms with Crippen LogP contribution in [0.3, 0.4) is 0 Å². The second-order valence-corrected chi connectivity index (χ2v) is 34.6. The Balaban J connectivity index is 0.000000162. The molecular formula is C107H96F24O4. The lowest BCUT2D eigenvalue weighted by Crippen LogP contribution is -2.25. The van der Waals surface area contributed by atoms with E-state index in [0.717, 1.165) is 208 Å². The molecule has 4 nitrogen and oxygen atoms in total. The van der Waals surface area contributed by atoms with Crippen LogP contribution < -0.4 is 18.9 Å². The van der Waals surface area contributed by atoms with Gasteiger partial charge in [0.15, 0.2) is 0 Å². The summed E-state index contributed by atoms with van der Waals surface area (Å²) in [7, 11) is 0. The van der Waals surface area contributed by atoms with Gasteiger partial charge in [0.1, 0.15) is 138 Å². The summed E-state index contributed by atoms with van der Waals surface area (Å²) in [5.41, 5.74) is 3.59. The molecule has 0 saturated carbocycles. The van der Waals surface area contributed by atoms with Gasteiger partial charge in [0.25, 0.3) is 0 Å². The molecule has 4 atom stereocenters. The predicted octanol–water partition coefficient (Wildman–Crippen LogP) is 32.9. The van der Waals surface area contributed by atoms with Gasteiger partial charge in [-0.15, -0.1) is 0 Å². The van der Waals surface area contributed by atoms with Gasteiger partial charge in [0.05, 0.1) is 0 Å². The highest BCUT2D eigenvalue weighted by molar-refractivity contribution is 5.70. The van der Waals surface area contributed by atoms with Gasteiger partial charge >= 0.3 is 24.4 Å². The molecule has 135 heavy (non-hydrogen) atoms. The first-order valence-corrected chi connectivity index (χ1v) is 43.9. The van der Waals surface area contributed by atoms with E-state index in [2.05, 4.69) is 46.6 Å². The molecule has 0 saturated heterocycles. The number of hydrogen-bond acceptors (Lipinski definition) is 4. The average molecular weight is 1900 g/mol. The summed E-state index contributed by atoms with van der Waals surface area (Å²) >= 11 is 0. The molecule has 0 amide bonds. The lowest BCUT2D eigenvalue weighted by molar-refractivity contribution is -0.190. The summed E-state index contributed by atoms with van der Waals surface area (Å²) in [6.07, 6.45) is 0.505. The molecule has 0 aromatic heterocycles. The van der Waals surface area contributed by atoms with E-state index in [0.29, 0.717) is 94.5 Å². The average Bonchev–Trinajstić information content (AvgIpc) is 1.51. The fourth-order valence-corrected chi connectivity index (χ4v) is 17.6. The van der Waals surface area contributed by atoms with Crippen LogP contribution in [0.5, 0.6) is 23.0 Å². The lowest BCUT2D eigenvalue weighted by Gasteiger charge is -2.20. The zero-order valence-electron chi connectivity index (χ0n) is 73.9. The minimum Gasteiger partial charge on any atom is -0.429 e. The first kappa shape index (κ1) is 102. The van der Waals surface area contributed by atoms with Crippen LogP contribution in [-0.2, 0) is 75.8 Å². The standard InChI is InChI=1S/C28H26F6O.C27H24F6O.C26H22F6O.C25H20F6O.CH4/c1-3-4-5-6-17-9-18-7-8-19(11-20(18)10-17)21-12-25(31)27(26(32)13-21)28(33,34)35-22-14-23(29)16(2)24(30)15-22;1-3-4-5-16-8-17-6-7-18(10-19(17)9-16)20-11-24(30)26(25(31)12-20)27(32,33)34-21-13-22(28)15(2)23(29)14-21;1-3-4-15-7-16-5-6-17(9-18(16)8-15)19-10-23(29)25(24(30)11-19)26(31,32)33-20-12-21(27)14(2)22(28)13-20;1-3-14-6-15-4-5-16(8-17(15)7-14)18-9-22(28)24(23(29)10-18)25(30,31)32-19-11-20(26)13(2)21(27)12-19;/h7-8,11-15,17H,3-6,9-10H2,1-2H3;6-7,10-14,16H,3-5,8-9H2,1-2H3;5-6,9-13,15H,3-4,7-8H2,1-2H3;4-5,8-12,14H,3,6-7H2,1-2H3;1H4. The fourth-order valence-electron chi connectivity index (χ4n) is 17.6. The number of rotatable bonds is 26. The third-order valence-electron chi connectivity index (χ3n) is 25.0. The number of halogens is 24. The second kappa shape index (κ2) is 42.2. The monoisotopic (exact) mass is 1900 g/mol. The Morgan fingerprint density at radius 1 is 0.222 bits per heavy atom. The van der Waals surface area contributed by atoms with Crippen LogP contribution in [0.1, 0.15) is 188 Å². The molecule has 16 rings (SSSR count). The topological polar surface area (TPSA) is 36.9 Å². The summed E-state index contributed by atoms with van der Waals surface area (Å²) in [5, 5.41) is 0. The van der Waals surface area contributed by atoms with E-state index in [1.807, 2.05) is 48.5 Å². The van der Waals surface area contributed by atoms with Gasteiger partial charge in [-0.2, -0.15) is 35.1 Å². The molecule has 12 aromatic carbocycles. The van der Waals surface area contributed by atoms with Crippen molar-refractivity contribution in [3.8, 4) is 67.5 Å². The molecule has 0 aliphatic heterocycles. The Kier molecular flexibility index (Phi) is 31.9. The Hall–Kier alpha value is -11.8. The number of ether oxygens (including phenoxy) is 4. The molecule has 4 aliphatic rings. The van der Waals surface area contributed by atoms with Crippen molar-refractivity contribution < 1.29 is 124 Å². The minimum absolute atomic E-state index is 0. The first-order chi connectivity index (χ1) is 63.3. The molecular weight excluding hydrogens is 1810 g/mol. The Labute approximate surface area is 766 Å². The van der Waals surface area contributed by atoms with Crippen LogP contribution in [0, 0.1) is 144 Å². The third kappa shape index (κ3) is 23.5. The van der Waals surface area contributed by atoms with Crippen molar-refractivity contribution in [1.82, 2.24) is 0 Å². The van der Waals surface area contributed by atoms with Crippen LogP contribution in [0.2, 0.25) is 0 Å². The van der Waals surface area contributed by atoms with Crippen LogP contribution in [-0.4, -0.2) is 0 Å². The number of hydrogen-bond donors (Lipinski definition) is 0. The van der Waals surface area contributed by atoms with Crippen molar-refractivity contribution in [2.45, 2.75) is 203 Å². The molecule has 4 unspecified atom stereocenters. The van der Waals surface area contributed by atoms with E-state index in [4.69, 9.17) is 0 Å². The molecule has 28 heteroatoms. The van der Waals surface area contributed by atoms with Crippen LogP contribution in [0.15, 0.2) is 170 Å². The van der Waals surface area contributed by atoms with Gasteiger partial charge in [0.2, 0.25) is 0 Å². The van der Waals surface area contributed by atoms with E-state index >= 15 is 0 Å². The van der Waals surface area contributed by atoms with E-state index in [9.17, 15) is 105 Å². The van der Waals surface area contributed by atoms with Crippen molar-refractivity contribution in [2.24, 2.45) is 23.7 Å². The Morgan fingerprint density at radius 3 is 0.637 bits per heavy atom. The molecule has 716 valence electrons. The van der Waals surface area contributed by atoms with E-state index in [1.165, 1.54) is 28.7 Å². The maximum absolute atomic E-state index is 14.8. The lowest BCUT2D eigenvalue weighted by atomic mass is 9.98. The van der Waals surface area contributed by atoms with Crippen LogP contribution in [0.4, 0.5) is 105 Å². The number of alkyl halides is 8. The highest BCUT2D eigenvalue weighted by atomic mass is 19.3. The van der Waals surface area contributed by atoms with Crippen molar-refractivity contribution in [3.05, 3.63) is 352 Å². The van der Waals surface area contributed by atoms with Crippen molar-refractivity contribution in [1.29, 1.82) is 0 Å². The number of unbranched alkanes of at least 4 members (excludes halogenated alkanes) is 3. The Morgan fingerprint density at radius 2 is 0.422 bits per heavy atom. The van der Waals surface area contributed by atoms with Gasteiger partial charge in [-0.1, -0.05) is 159 Å². The van der Waals surface area contributed by atoms with Gasteiger partial charge in [-0.25, -0.2) is 70.2 Å². The van der Waals surface area contributed by atoms with E-state index in [1.54, 1.807) is 24.3 Å². The highest BCUT2D eigenvalue weighted by Gasteiger charge is 2.46. The molecule has 12 aromatic rings. The van der Waals surface area contributed by atoms with E-state index < -0.39 is 163 Å². The predicted molar refractivity (Wildman–Crippen MR) is 469 cm³/mol. The SMILES string of the molecule is C.CCC1Cc2ccc(-c3cc(F)c(C(F)(F)Oc4cc(F)c(C)c(F)c4)c(F)c3)cc2C1.CCCC1Cc2ccc(-c3cc(F)c(C(F)(F)Oc4cc(F)c(C)c(F)c4)c(F)c3)cc2C1.CCCCC1Cc2ccc(-c3cc(F)c(C(F)(F)Oc4cc(F)c(C)c(F)c4)c(F)c3)cc2C1.CCCCCC1Cc2ccc(-c3cc(F)c(C(F)(F)Oc4cc(F)c(C)c(F)c4)c(F)c3)cc2C1. The van der Waals surface area contributed by atoms with Gasteiger partial charge in [-0.3, -0.25) is 0 Å². The molecule has 0 N–H and O–H groups in total. The molecule has 0 fully saturated rings. The minimum atomic E-state index is -4.50. The molecule has 0 heterocycles. The summed E-state index contributed by atoms with van der Waals surface area (Å²) in [4.78, 5) is 0. The largest absolute Gasteiger partial charge is 0.432 e. The second-order valence-electron chi connectivity index (χ2n) is 34.6. The summed E-state index contributed by atoms with van der Waals surface area (Å²) in [5.74, 6) is -22.5. The summed E-state index contributed by atoms with van der Waals surface area (Å²) in [6.45, 7) is 13.0. The first-order valence-electron chi connectivity index (χ1n) is 43.9.